The molecule has 2 rings (SSSR count). The Kier molecular flexibility index (Phi) is 6.16. The van der Waals surface area contributed by atoms with Crippen LogP contribution < -0.4 is 5.32 Å². The van der Waals surface area contributed by atoms with Gasteiger partial charge in [-0.05, 0) is 45.4 Å². The van der Waals surface area contributed by atoms with Crippen LogP contribution in [0.3, 0.4) is 0 Å². The zero-order chi connectivity index (χ0) is 16.8. The number of nitrogens with one attached hydrogen (secondary N) is 1. The Morgan fingerprint density at radius 2 is 1.96 bits per heavy atom. The maximum Gasteiger partial charge on any atom is 0.243 e. The van der Waals surface area contributed by atoms with E-state index in [4.69, 9.17) is 0 Å². The Labute approximate surface area is 138 Å². The van der Waals surface area contributed by atoms with Crippen LogP contribution in [0.25, 0.3) is 0 Å². The highest BCUT2D eigenvalue weighted by molar-refractivity contribution is 5.94. The molecule has 1 fully saturated rings. The Morgan fingerprint density at radius 3 is 2.61 bits per heavy atom. The number of rotatable bonds is 5. The third kappa shape index (κ3) is 5.36. The summed E-state index contributed by atoms with van der Waals surface area (Å²) < 4.78 is 0. The van der Waals surface area contributed by atoms with Crippen molar-refractivity contribution in [3.63, 3.8) is 0 Å². The minimum absolute atomic E-state index is 0.00203. The van der Waals surface area contributed by atoms with Gasteiger partial charge in [0.1, 0.15) is 0 Å². The fraction of sp³-hybridized carbons (Fsp3) is 0.556. The zero-order valence-electron chi connectivity index (χ0n) is 14.3. The Balaban J connectivity index is 1.80. The standard InChI is InChI=1S/C18H27N3O2/c1-14-7-9-16(10-8-14)19-17(22)12-20(3)18(23)13-21-11-5-4-6-15(21)2/h7-10,15H,4-6,11-13H2,1-3H3,(H,19,22)/t15-/m1/s1. The summed E-state index contributed by atoms with van der Waals surface area (Å²) in [5, 5.41) is 2.82. The second kappa shape index (κ2) is 8.11. The molecule has 0 radical (unpaired) electrons. The second-order valence-electron chi connectivity index (χ2n) is 6.48. The molecule has 0 spiro atoms. The summed E-state index contributed by atoms with van der Waals surface area (Å²) in [6, 6.07) is 8.07. The van der Waals surface area contributed by atoms with Crippen LogP contribution in [-0.4, -0.2) is 54.3 Å². The number of amides is 2. The predicted molar refractivity (Wildman–Crippen MR) is 92.3 cm³/mol. The minimum Gasteiger partial charge on any atom is -0.335 e. The average molecular weight is 317 g/mol. The molecular weight excluding hydrogens is 290 g/mol. The van der Waals surface area contributed by atoms with Crippen molar-refractivity contribution >= 4 is 17.5 Å². The lowest BCUT2D eigenvalue weighted by Crippen LogP contribution is -2.46. The van der Waals surface area contributed by atoms with Gasteiger partial charge >= 0.3 is 0 Å². The molecule has 1 aliphatic rings. The van der Waals surface area contributed by atoms with Gasteiger partial charge in [-0.3, -0.25) is 14.5 Å². The van der Waals surface area contributed by atoms with Crippen LogP contribution in [0.1, 0.15) is 31.7 Å². The fourth-order valence-corrected chi connectivity index (χ4v) is 2.83. The van der Waals surface area contributed by atoms with Gasteiger partial charge in [0, 0.05) is 18.8 Å². The summed E-state index contributed by atoms with van der Waals surface area (Å²) in [5.41, 5.74) is 1.90. The Hall–Kier alpha value is -1.88. The summed E-state index contributed by atoms with van der Waals surface area (Å²) in [6.07, 6.45) is 3.53. The maximum absolute atomic E-state index is 12.3. The van der Waals surface area contributed by atoms with Crippen molar-refractivity contribution in [1.82, 2.24) is 9.80 Å². The lowest BCUT2D eigenvalue weighted by Gasteiger charge is -2.33. The van der Waals surface area contributed by atoms with Crippen molar-refractivity contribution in [1.29, 1.82) is 0 Å². The van der Waals surface area contributed by atoms with Gasteiger partial charge in [0.2, 0.25) is 11.8 Å². The first-order valence-corrected chi connectivity index (χ1v) is 8.30. The molecule has 1 N–H and O–H groups in total. The highest BCUT2D eigenvalue weighted by Crippen LogP contribution is 2.16. The second-order valence-corrected chi connectivity index (χ2v) is 6.48. The highest BCUT2D eigenvalue weighted by Gasteiger charge is 2.22. The number of carbonyl (C=O) groups excluding carboxylic acids is 2. The van der Waals surface area contributed by atoms with Crippen LogP contribution in [0.15, 0.2) is 24.3 Å². The summed E-state index contributed by atoms with van der Waals surface area (Å²) in [5.74, 6) is -0.172. The normalized spacial score (nSPS) is 18.5. The number of likely N-dealkylation sites (tertiary alicyclic amines) is 1. The van der Waals surface area contributed by atoms with Crippen LogP contribution in [0.4, 0.5) is 5.69 Å². The number of benzene rings is 1. The van der Waals surface area contributed by atoms with Gasteiger partial charge in [-0.1, -0.05) is 24.1 Å². The Bertz CT molecular complexity index is 542. The summed E-state index contributed by atoms with van der Waals surface area (Å²) in [6.45, 7) is 5.61. The van der Waals surface area contributed by atoms with Crippen LogP contribution >= 0.6 is 0 Å². The van der Waals surface area contributed by atoms with E-state index in [1.54, 1.807) is 7.05 Å². The van der Waals surface area contributed by atoms with Gasteiger partial charge in [-0.15, -0.1) is 0 Å². The quantitative estimate of drug-likeness (QED) is 0.906. The van der Waals surface area contributed by atoms with Crippen molar-refractivity contribution in [2.24, 2.45) is 0 Å². The lowest BCUT2D eigenvalue weighted by molar-refractivity contribution is -0.135. The molecule has 0 aliphatic carbocycles. The van der Waals surface area contributed by atoms with Crippen molar-refractivity contribution < 1.29 is 9.59 Å². The molecule has 1 heterocycles. The number of anilines is 1. The topological polar surface area (TPSA) is 52.7 Å². The molecule has 1 aromatic rings. The predicted octanol–water partition coefficient (Wildman–Crippen LogP) is 2.27. The van der Waals surface area contributed by atoms with E-state index < -0.39 is 0 Å². The molecule has 0 saturated carbocycles. The van der Waals surface area contributed by atoms with Crippen molar-refractivity contribution in [3.8, 4) is 0 Å². The number of piperidine rings is 1. The van der Waals surface area contributed by atoms with Gasteiger partial charge in [0.15, 0.2) is 0 Å². The molecule has 1 saturated heterocycles. The molecule has 0 aromatic heterocycles. The first-order valence-electron chi connectivity index (χ1n) is 8.30. The third-order valence-corrected chi connectivity index (χ3v) is 4.42. The fourth-order valence-electron chi connectivity index (χ4n) is 2.83. The molecule has 5 heteroatoms. The number of hydrogen-bond acceptors (Lipinski definition) is 3. The van der Waals surface area contributed by atoms with E-state index in [-0.39, 0.29) is 18.4 Å². The van der Waals surface area contributed by atoms with Gasteiger partial charge in [-0.25, -0.2) is 0 Å². The van der Waals surface area contributed by atoms with E-state index in [0.717, 1.165) is 30.6 Å². The number of carbonyl (C=O) groups is 2. The average Bonchev–Trinajstić information content (AvgIpc) is 2.51. The first kappa shape index (κ1) is 17.5. The number of hydrogen-bond donors (Lipinski definition) is 1. The third-order valence-electron chi connectivity index (χ3n) is 4.42. The molecule has 23 heavy (non-hydrogen) atoms. The SMILES string of the molecule is Cc1ccc(NC(=O)CN(C)C(=O)CN2CCCC[C@H]2C)cc1. The molecule has 0 unspecified atom stereocenters. The molecule has 1 aliphatic heterocycles. The monoisotopic (exact) mass is 317 g/mol. The van der Waals surface area contributed by atoms with E-state index in [9.17, 15) is 9.59 Å². The van der Waals surface area contributed by atoms with E-state index in [1.807, 2.05) is 31.2 Å². The van der Waals surface area contributed by atoms with Gasteiger partial charge in [0.05, 0.1) is 13.1 Å². The summed E-state index contributed by atoms with van der Waals surface area (Å²) in [4.78, 5) is 28.1. The van der Waals surface area contributed by atoms with Crippen molar-refractivity contribution in [2.75, 3.05) is 32.0 Å². The summed E-state index contributed by atoms with van der Waals surface area (Å²) >= 11 is 0. The van der Waals surface area contributed by atoms with E-state index in [0.29, 0.717) is 12.6 Å². The molecule has 1 atom stereocenters. The smallest absolute Gasteiger partial charge is 0.243 e. The molecule has 0 bridgehead atoms. The number of aryl methyl sites for hydroxylation is 1. The molecule has 2 amide bonds. The largest absolute Gasteiger partial charge is 0.335 e. The van der Waals surface area contributed by atoms with Gasteiger partial charge < -0.3 is 10.2 Å². The van der Waals surface area contributed by atoms with E-state index >= 15 is 0 Å². The van der Waals surface area contributed by atoms with Crippen molar-refractivity contribution in [3.05, 3.63) is 29.8 Å². The first-order chi connectivity index (χ1) is 11.0. The Morgan fingerprint density at radius 1 is 1.26 bits per heavy atom. The van der Waals surface area contributed by atoms with Crippen molar-refractivity contribution in [2.45, 2.75) is 39.2 Å². The molecule has 1 aromatic carbocycles. The highest BCUT2D eigenvalue weighted by atomic mass is 16.2. The van der Waals surface area contributed by atoms with Gasteiger partial charge in [0.25, 0.3) is 0 Å². The number of likely N-dealkylation sites (N-methyl/N-ethyl adjacent to an activating group) is 1. The zero-order valence-corrected chi connectivity index (χ0v) is 14.3. The number of nitrogens with zero attached hydrogens (tertiary/aromatic N) is 2. The van der Waals surface area contributed by atoms with Crippen LogP contribution in [0.2, 0.25) is 0 Å². The van der Waals surface area contributed by atoms with Crippen LogP contribution in [0, 0.1) is 6.92 Å². The van der Waals surface area contributed by atoms with E-state index in [1.165, 1.54) is 11.3 Å². The summed E-state index contributed by atoms with van der Waals surface area (Å²) in [7, 11) is 1.69. The molecule has 126 valence electrons. The van der Waals surface area contributed by atoms with Crippen LogP contribution in [0.5, 0.6) is 0 Å². The lowest BCUT2D eigenvalue weighted by atomic mass is 10.0. The van der Waals surface area contributed by atoms with E-state index in [2.05, 4.69) is 17.1 Å². The molecular formula is C18H27N3O2. The molecule has 5 nitrogen and oxygen atoms in total. The van der Waals surface area contributed by atoms with Crippen LogP contribution in [-0.2, 0) is 9.59 Å². The maximum atomic E-state index is 12.3. The minimum atomic E-state index is -0.170. The van der Waals surface area contributed by atoms with Gasteiger partial charge in [-0.2, -0.15) is 0 Å².